The summed E-state index contributed by atoms with van der Waals surface area (Å²) in [7, 11) is 1.31. The highest BCUT2D eigenvalue weighted by atomic mass is 32.1. The fourth-order valence-corrected chi connectivity index (χ4v) is 2.65. The Hall–Kier alpha value is -2.27. The number of hydrogen-bond donors (Lipinski definition) is 1. The maximum atomic E-state index is 12.8. The van der Waals surface area contributed by atoms with E-state index in [0.717, 1.165) is 5.56 Å². The minimum absolute atomic E-state index is 0.174. The Labute approximate surface area is 141 Å². The molecule has 1 amide bonds. The van der Waals surface area contributed by atoms with Crippen molar-refractivity contribution in [2.24, 2.45) is 0 Å². The van der Waals surface area contributed by atoms with Crippen LogP contribution in [0.15, 0.2) is 60.7 Å². The van der Waals surface area contributed by atoms with Crippen molar-refractivity contribution in [3.63, 3.8) is 0 Å². The SMILES string of the molecule is COC(=O)[C@@H](CS)N(C(=O)Cc1ccccc1)c1ccccc1. The van der Waals surface area contributed by atoms with Crippen molar-refractivity contribution in [3.8, 4) is 0 Å². The Morgan fingerprint density at radius 3 is 2.13 bits per heavy atom. The van der Waals surface area contributed by atoms with Gasteiger partial charge in [0.25, 0.3) is 0 Å². The molecule has 23 heavy (non-hydrogen) atoms. The zero-order chi connectivity index (χ0) is 16.7. The van der Waals surface area contributed by atoms with Gasteiger partial charge in [0.1, 0.15) is 6.04 Å². The fraction of sp³-hybridized carbons (Fsp3) is 0.222. The van der Waals surface area contributed by atoms with Crippen LogP contribution in [0.1, 0.15) is 5.56 Å². The number of methoxy groups -OCH3 is 1. The molecule has 0 aromatic heterocycles. The van der Waals surface area contributed by atoms with Crippen molar-refractivity contribution >= 4 is 30.2 Å². The van der Waals surface area contributed by atoms with Gasteiger partial charge in [-0.1, -0.05) is 48.5 Å². The molecule has 0 bridgehead atoms. The van der Waals surface area contributed by atoms with Gasteiger partial charge in [-0.15, -0.1) is 0 Å². The lowest BCUT2D eigenvalue weighted by atomic mass is 10.1. The van der Waals surface area contributed by atoms with Crippen LogP contribution in [0.5, 0.6) is 0 Å². The number of carbonyl (C=O) groups is 2. The van der Waals surface area contributed by atoms with E-state index in [0.29, 0.717) is 5.69 Å². The predicted octanol–water partition coefficient (Wildman–Crippen LogP) is 2.73. The van der Waals surface area contributed by atoms with Crippen LogP contribution < -0.4 is 4.90 Å². The zero-order valence-electron chi connectivity index (χ0n) is 12.9. The molecule has 5 heteroatoms. The molecule has 1 atom stereocenters. The lowest BCUT2D eigenvalue weighted by Gasteiger charge is -2.29. The summed E-state index contributed by atoms with van der Waals surface area (Å²) in [6, 6.07) is 17.8. The zero-order valence-corrected chi connectivity index (χ0v) is 13.8. The summed E-state index contributed by atoms with van der Waals surface area (Å²) in [5.74, 6) is -0.473. The number of esters is 1. The fourth-order valence-electron chi connectivity index (χ4n) is 2.34. The van der Waals surface area contributed by atoms with Gasteiger partial charge in [0.15, 0.2) is 0 Å². The number of hydrogen-bond acceptors (Lipinski definition) is 4. The average Bonchev–Trinajstić information content (AvgIpc) is 2.60. The average molecular weight is 329 g/mol. The molecule has 0 heterocycles. The van der Waals surface area contributed by atoms with Gasteiger partial charge in [-0.2, -0.15) is 12.6 Å². The highest BCUT2D eigenvalue weighted by Crippen LogP contribution is 2.20. The van der Waals surface area contributed by atoms with E-state index < -0.39 is 12.0 Å². The van der Waals surface area contributed by atoms with Crippen molar-refractivity contribution in [2.75, 3.05) is 17.8 Å². The molecule has 0 radical (unpaired) electrons. The number of amides is 1. The third-order valence-corrected chi connectivity index (χ3v) is 3.80. The molecule has 0 fully saturated rings. The van der Waals surface area contributed by atoms with Crippen molar-refractivity contribution in [1.82, 2.24) is 0 Å². The Bertz CT molecular complexity index is 646. The number of ether oxygens (including phenoxy) is 1. The molecule has 2 aromatic carbocycles. The van der Waals surface area contributed by atoms with Gasteiger partial charge >= 0.3 is 5.97 Å². The number of anilines is 1. The summed E-state index contributed by atoms with van der Waals surface area (Å²) in [4.78, 5) is 26.3. The van der Waals surface area contributed by atoms with E-state index in [2.05, 4.69) is 12.6 Å². The molecule has 0 aliphatic heterocycles. The van der Waals surface area contributed by atoms with Gasteiger partial charge in [0.05, 0.1) is 13.5 Å². The Morgan fingerprint density at radius 1 is 1.04 bits per heavy atom. The van der Waals surface area contributed by atoms with Gasteiger partial charge in [0.2, 0.25) is 5.91 Å². The first-order valence-corrected chi connectivity index (χ1v) is 7.90. The third kappa shape index (κ3) is 4.36. The smallest absolute Gasteiger partial charge is 0.329 e. The van der Waals surface area contributed by atoms with Gasteiger partial charge < -0.3 is 4.74 Å². The molecule has 2 aromatic rings. The van der Waals surface area contributed by atoms with E-state index in [1.807, 2.05) is 48.5 Å². The van der Waals surface area contributed by atoms with E-state index in [-0.39, 0.29) is 18.1 Å². The third-order valence-electron chi connectivity index (χ3n) is 3.46. The first-order valence-electron chi connectivity index (χ1n) is 7.27. The van der Waals surface area contributed by atoms with Crippen molar-refractivity contribution in [2.45, 2.75) is 12.5 Å². The predicted molar refractivity (Wildman–Crippen MR) is 93.7 cm³/mol. The van der Waals surface area contributed by atoms with E-state index in [4.69, 9.17) is 4.74 Å². The van der Waals surface area contributed by atoms with Crippen LogP contribution in [0, 0.1) is 0 Å². The monoisotopic (exact) mass is 329 g/mol. The summed E-state index contributed by atoms with van der Waals surface area (Å²) >= 11 is 4.22. The molecule has 0 aliphatic carbocycles. The normalized spacial score (nSPS) is 11.6. The van der Waals surface area contributed by atoms with Crippen LogP contribution in [-0.4, -0.2) is 30.8 Å². The number of thiol groups is 1. The summed E-state index contributed by atoms with van der Waals surface area (Å²) in [6.07, 6.45) is 0.205. The minimum atomic E-state index is -0.762. The van der Waals surface area contributed by atoms with E-state index >= 15 is 0 Å². The molecule has 0 saturated heterocycles. The second kappa shape index (κ2) is 8.39. The van der Waals surface area contributed by atoms with Crippen LogP contribution in [-0.2, 0) is 20.7 Å². The first-order chi connectivity index (χ1) is 11.2. The van der Waals surface area contributed by atoms with E-state index in [9.17, 15) is 9.59 Å². The van der Waals surface area contributed by atoms with Gasteiger partial charge in [-0.25, -0.2) is 4.79 Å². The second-order valence-corrected chi connectivity index (χ2v) is 5.35. The molecule has 0 aliphatic rings. The van der Waals surface area contributed by atoms with E-state index in [1.165, 1.54) is 12.0 Å². The summed E-state index contributed by atoms with van der Waals surface area (Å²) < 4.78 is 4.82. The maximum Gasteiger partial charge on any atom is 0.329 e. The van der Waals surface area contributed by atoms with Crippen molar-refractivity contribution < 1.29 is 14.3 Å². The van der Waals surface area contributed by atoms with Crippen molar-refractivity contribution in [3.05, 3.63) is 66.2 Å². The Morgan fingerprint density at radius 2 is 1.61 bits per heavy atom. The number of carbonyl (C=O) groups excluding carboxylic acids is 2. The molecular formula is C18H19NO3S. The van der Waals surface area contributed by atoms with E-state index in [1.54, 1.807) is 12.1 Å². The topological polar surface area (TPSA) is 46.6 Å². The number of benzene rings is 2. The molecule has 0 N–H and O–H groups in total. The molecule has 0 saturated carbocycles. The minimum Gasteiger partial charge on any atom is -0.467 e. The van der Waals surface area contributed by atoms with Crippen molar-refractivity contribution in [1.29, 1.82) is 0 Å². The quantitative estimate of drug-likeness (QED) is 0.655. The second-order valence-electron chi connectivity index (χ2n) is 4.98. The maximum absolute atomic E-state index is 12.8. The number of nitrogens with zero attached hydrogens (tertiary/aromatic N) is 1. The molecule has 0 spiro atoms. The van der Waals surface area contributed by atoms with Gasteiger partial charge in [-0.3, -0.25) is 9.69 Å². The molecular weight excluding hydrogens is 310 g/mol. The first kappa shape index (κ1) is 17.1. The lowest BCUT2D eigenvalue weighted by Crippen LogP contribution is -2.47. The van der Waals surface area contributed by atoms with Gasteiger partial charge in [-0.05, 0) is 17.7 Å². The molecule has 2 rings (SSSR count). The van der Waals surface area contributed by atoms with Gasteiger partial charge in [0, 0.05) is 11.4 Å². The molecule has 120 valence electrons. The summed E-state index contributed by atoms with van der Waals surface area (Å²) in [5.41, 5.74) is 1.54. The summed E-state index contributed by atoms with van der Waals surface area (Å²) in [5, 5.41) is 0. The van der Waals surface area contributed by atoms with Crippen LogP contribution in [0.4, 0.5) is 5.69 Å². The molecule has 0 unspecified atom stereocenters. The highest BCUT2D eigenvalue weighted by molar-refractivity contribution is 7.80. The van der Waals surface area contributed by atoms with Crippen LogP contribution in [0.3, 0.4) is 0 Å². The van der Waals surface area contributed by atoms with Crippen LogP contribution in [0.25, 0.3) is 0 Å². The number of para-hydroxylation sites is 1. The number of rotatable bonds is 6. The highest BCUT2D eigenvalue weighted by Gasteiger charge is 2.30. The van der Waals surface area contributed by atoms with Crippen LogP contribution >= 0.6 is 12.6 Å². The Kier molecular flexibility index (Phi) is 6.23. The lowest BCUT2D eigenvalue weighted by molar-refractivity contribution is -0.142. The van der Waals surface area contributed by atoms with Crippen LogP contribution in [0.2, 0.25) is 0 Å². The Balaban J connectivity index is 2.33. The standard InChI is InChI=1S/C18H19NO3S/c1-22-18(21)16(13-23)19(15-10-6-3-7-11-15)17(20)12-14-8-4-2-5-9-14/h2-11,16,23H,12-13H2,1H3/t16-/m1/s1. The largest absolute Gasteiger partial charge is 0.467 e. The summed E-state index contributed by atoms with van der Waals surface area (Å²) in [6.45, 7) is 0. The molecule has 4 nitrogen and oxygen atoms in total.